The van der Waals surface area contributed by atoms with Crippen molar-refractivity contribution in [1.29, 1.82) is 0 Å². The summed E-state index contributed by atoms with van der Waals surface area (Å²) in [5.74, 6) is -0.209. The average Bonchev–Trinajstić information content (AvgIpc) is 2.07. The summed E-state index contributed by atoms with van der Waals surface area (Å²) in [5, 5.41) is 9.09. The van der Waals surface area contributed by atoms with Crippen LogP contribution in [0.4, 0.5) is 0 Å². The highest BCUT2D eigenvalue weighted by atomic mass is 79.9. The molecule has 1 atom stereocenters. The van der Waals surface area contributed by atoms with Gasteiger partial charge in [0.05, 0.1) is 17.6 Å². The molecule has 90 valence electrons. The maximum Gasteiger partial charge on any atom is 0.156 e. The fourth-order valence-corrected chi connectivity index (χ4v) is 3.61. The van der Waals surface area contributed by atoms with E-state index >= 15 is 0 Å². The van der Waals surface area contributed by atoms with Crippen molar-refractivity contribution in [2.45, 2.75) is 25.7 Å². The van der Waals surface area contributed by atoms with Crippen molar-refractivity contribution in [2.75, 3.05) is 5.75 Å². The zero-order valence-corrected chi connectivity index (χ0v) is 11.7. The Morgan fingerprint density at radius 3 is 2.56 bits per heavy atom. The first-order chi connectivity index (χ1) is 7.30. The summed E-state index contributed by atoms with van der Waals surface area (Å²) in [4.78, 5) is 0. The van der Waals surface area contributed by atoms with E-state index in [0.29, 0.717) is 0 Å². The van der Waals surface area contributed by atoms with E-state index in [0.717, 1.165) is 15.6 Å². The summed E-state index contributed by atoms with van der Waals surface area (Å²) in [6.07, 6.45) is -0.819. The Morgan fingerprint density at radius 1 is 1.44 bits per heavy atom. The SMILES string of the molecule is Cc1cc(Br)ccc1CS(=O)(=O)CC(C)O. The second-order valence-corrected chi connectivity index (χ2v) is 7.00. The van der Waals surface area contributed by atoms with E-state index in [1.165, 1.54) is 6.92 Å². The topological polar surface area (TPSA) is 54.4 Å². The number of aryl methyl sites for hydroxylation is 1. The Bertz CT molecular complexity index is 466. The maximum atomic E-state index is 11.7. The van der Waals surface area contributed by atoms with E-state index in [2.05, 4.69) is 15.9 Å². The number of aliphatic hydroxyl groups excluding tert-OH is 1. The minimum atomic E-state index is -3.23. The molecular formula is C11H15BrO3S. The molecule has 0 heterocycles. The standard InChI is InChI=1S/C11H15BrO3S/c1-8-5-11(12)4-3-10(8)7-16(14,15)6-9(2)13/h3-5,9,13H,6-7H2,1-2H3. The monoisotopic (exact) mass is 306 g/mol. The van der Waals surface area contributed by atoms with Gasteiger partial charge in [0.25, 0.3) is 0 Å². The summed E-state index contributed by atoms with van der Waals surface area (Å²) in [5.41, 5.74) is 1.72. The molecule has 0 spiro atoms. The van der Waals surface area contributed by atoms with Gasteiger partial charge in [-0.25, -0.2) is 8.42 Å². The van der Waals surface area contributed by atoms with Gasteiger partial charge in [0.1, 0.15) is 0 Å². The van der Waals surface area contributed by atoms with Crippen LogP contribution in [0.3, 0.4) is 0 Å². The number of hydrogen-bond donors (Lipinski definition) is 1. The fourth-order valence-electron chi connectivity index (χ4n) is 1.48. The molecule has 0 aliphatic rings. The number of rotatable bonds is 4. The predicted octanol–water partition coefficient (Wildman–Crippen LogP) is 2.05. The van der Waals surface area contributed by atoms with Crippen LogP contribution in [0.25, 0.3) is 0 Å². The third kappa shape index (κ3) is 4.23. The summed E-state index contributed by atoms with van der Waals surface area (Å²) in [6, 6.07) is 5.49. The van der Waals surface area contributed by atoms with E-state index in [-0.39, 0.29) is 11.5 Å². The molecule has 0 amide bonds. The van der Waals surface area contributed by atoms with E-state index in [9.17, 15) is 8.42 Å². The summed E-state index contributed by atoms with van der Waals surface area (Å²) >= 11 is 3.33. The Morgan fingerprint density at radius 2 is 2.06 bits per heavy atom. The lowest BCUT2D eigenvalue weighted by atomic mass is 10.1. The summed E-state index contributed by atoms with van der Waals surface area (Å²) in [7, 11) is -3.23. The zero-order chi connectivity index (χ0) is 12.3. The van der Waals surface area contributed by atoms with Gasteiger partial charge in [0, 0.05) is 4.47 Å². The smallest absolute Gasteiger partial charge is 0.156 e. The molecule has 1 aromatic carbocycles. The molecule has 0 radical (unpaired) electrons. The Kier molecular flexibility index (Phi) is 4.52. The van der Waals surface area contributed by atoms with Crippen molar-refractivity contribution in [3.05, 3.63) is 33.8 Å². The molecule has 1 aromatic rings. The molecule has 0 saturated carbocycles. The molecule has 3 nitrogen and oxygen atoms in total. The first-order valence-corrected chi connectivity index (χ1v) is 7.55. The highest BCUT2D eigenvalue weighted by molar-refractivity contribution is 9.10. The van der Waals surface area contributed by atoms with Gasteiger partial charge < -0.3 is 5.11 Å². The average molecular weight is 307 g/mol. The highest BCUT2D eigenvalue weighted by Gasteiger charge is 2.16. The van der Waals surface area contributed by atoms with Crippen LogP contribution in [-0.4, -0.2) is 25.4 Å². The van der Waals surface area contributed by atoms with Crippen molar-refractivity contribution < 1.29 is 13.5 Å². The molecule has 0 bridgehead atoms. The molecule has 1 unspecified atom stereocenters. The van der Waals surface area contributed by atoms with Gasteiger partial charge in [-0.05, 0) is 37.1 Å². The molecule has 16 heavy (non-hydrogen) atoms. The predicted molar refractivity (Wildman–Crippen MR) is 68.1 cm³/mol. The normalized spacial score (nSPS) is 13.8. The third-order valence-electron chi connectivity index (χ3n) is 2.18. The van der Waals surface area contributed by atoms with Gasteiger partial charge in [-0.3, -0.25) is 0 Å². The van der Waals surface area contributed by atoms with Crippen LogP contribution < -0.4 is 0 Å². The second-order valence-electron chi connectivity index (χ2n) is 3.97. The number of halogens is 1. The lowest BCUT2D eigenvalue weighted by Gasteiger charge is -2.09. The maximum absolute atomic E-state index is 11.7. The lowest BCUT2D eigenvalue weighted by Crippen LogP contribution is -2.19. The van der Waals surface area contributed by atoms with Crippen LogP contribution in [0.2, 0.25) is 0 Å². The van der Waals surface area contributed by atoms with Crippen LogP contribution in [-0.2, 0) is 15.6 Å². The molecular weight excluding hydrogens is 292 g/mol. The molecule has 1 rings (SSSR count). The number of aliphatic hydroxyl groups is 1. The Balaban J connectivity index is 2.88. The van der Waals surface area contributed by atoms with Crippen molar-refractivity contribution in [3.63, 3.8) is 0 Å². The van der Waals surface area contributed by atoms with Crippen LogP contribution in [0, 0.1) is 6.92 Å². The van der Waals surface area contributed by atoms with Crippen LogP contribution in [0.1, 0.15) is 18.1 Å². The largest absolute Gasteiger partial charge is 0.392 e. The quantitative estimate of drug-likeness (QED) is 0.926. The minimum Gasteiger partial charge on any atom is -0.392 e. The van der Waals surface area contributed by atoms with E-state index in [1.54, 1.807) is 6.07 Å². The van der Waals surface area contributed by atoms with Gasteiger partial charge in [-0.15, -0.1) is 0 Å². The molecule has 5 heteroatoms. The van der Waals surface area contributed by atoms with Crippen LogP contribution in [0.5, 0.6) is 0 Å². The molecule has 0 aliphatic carbocycles. The minimum absolute atomic E-state index is 0.0169. The Hall–Kier alpha value is -0.390. The second kappa shape index (κ2) is 5.29. The summed E-state index contributed by atoms with van der Waals surface area (Å²) < 4.78 is 24.3. The van der Waals surface area contributed by atoms with Gasteiger partial charge >= 0.3 is 0 Å². The molecule has 0 aliphatic heterocycles. The van der Waals surface area contributed by atoms with Crippen molar-refractivity contribution in [2.24, 2.45) is 0 Å². The van der Waals surface area contributed by atoms with E-state index in [1.807, 2.05) is 19.1 Å². The van der Waals surface area contributed by atoms with Crippen LogP contribution in [0.15, 0.2) is 22.7 Å². The zero-order valence-electron chi connectivity index (χ0n) is 9.27. The first-order valence-electron chi connectivity index (χ1n) is 4.94. The van der Waals surface area contributed by atoms with Gasteiger partial charge in [-0.1, -0.05) is 22.0 Å². The van der Waals surface area contributed by atoms with Crippen LogP contribution >= 0.6 is 15.9 Å². The number of sulfone groups is 1. The molecule has 1 N–H and O–H groups in total. The van der Waals surface area contributed by atoms with Gasteiger partial charge in [0.15, 0.2) is 9.84 Å². The molecule has 0 aromatic heterocycles. The van der Waals surface area contributed by atoms with E-state index < -0.39 is 15.9 Å². The molecule has 0 saturated heterocycles. The van der Waals surface area contributed by atoms with E-state index in [4.69, 9.17) is 5.11 Å². The molecule has 0 fully saturated rings. The van der Waals surface area contributed by atoms with Crippen molar-refractivity contribution in [3.8, 4) is 0 Å². The Labute approximate surface area is 105 Å². The number of benzene rings is 1. The fraction of sp³-hybridized carbons (Fsp3) is 0.455. The van der Waals surface area contributed by atoms with Crippen molar-refractivity contribution >= 4 is 25.8 Å². The van der Waals surface area contributed by atoms with Gasteiger partial charge in [-0.2, -0.15) is 0 Å². The lowest BCUT2D eigenvalue weighted by molar-refractivity contribution is 0.218. The summed E-state index contributed by atoms with van der Waals surface area (Å²) in [6.45, 7) is 3.35. The van der Waals surface area contributed by atoms with Crippen molar-refractivity contribution in [1.82, 2.24) is 0 Å². The first kappa shape index (κ1) is 13.7. The highest BCUT2D eigenvalue weighted by Crippen LogP contribution is 2.18. The van der Waals surface area contributed by atoms with Gasteiger partial charge in [0.2, 0.25) is 0 Å². The third-order valence-corrected chi connectivity index (χ3v) is 4.41. The number of hydrogen-bond acceptors (Lipinski definition) is 3.